The van der Waals surface area contributed by atoms with E-state index in [1.54, 1.807) is 0 Å². The van der Waals surface area contributed by atoms with Crippen LogP contribution in [0.25, 0.3) is 11.0 Å². The van der Waals surface area contributed by atoms with E-state index in [-0.39, 0.29) is 12.4 Å². The maximum absolute atomic E-state index is 11.1. The molecule has 0 amide bonds. The molecular weight excluding hydrogens is 290 g/mol. The lowest BCUT2D eigenvalue weighted by Crippen LogP contribution is -2.36. The third-order valence-corrected chi connectivity index (χ3v) is 3.23. The average Bonchev–Trinajstić information content (AvgIpc) is 2.43. The summed E-state index contributed by atoms with van der Waals surface area (Å²) < 4.78 is 0. The molecule has 0 radical (unpaired) electrons. The summed E-state index contributed by atoms with van der Waals surface area (Å²) in [7, 11) is 0. The Hall–Kier alpha value is -1.72. The number of rotatable bonds is 6. The first-order chi connectivity index (χ1) is 9.61. The minimum atomic E-state index is -0.821. The van der Waals surface area contributed by atoms with Crippen LogP contribution < -0.4 is 5.32 Å². The fourth-order valence-electron chi connectivity index (χ4n) is 2.11. The maximum atomic E-state index is 11.1. The van der Waals surface area contributed by atoms with Gasteiger partial charge in [0.2, 0.25) is 0 Å². The second-order valence-corrected chi connectivity index (χ2v) is 4.80. The lowest BCUT2D eigenvalue weighted by Gasteiger charge is -2.14. The van der Waals surface area contributed by atoms with Gasteiger partial charge in [-0.15, -0.1) is 12.4 Å². The Kier molecular flexibility index (Phi) is 6.52. The number of nitrogens with one attached hydrogen (secondary N) is 1. The highest BCUT2D eigenvalue weighted by Crippen LogP contribution is 2.12. The Bertz CT molecular complexity index is 619. The summed E-state index contributed by atoms with van der Waals surface area (Å²) in [5.74, 6) is -0.821. The van der Waals surface area contributed by atoms with Crippen molar-refractivity contribution in [2.24, 2.45) is 0 Å². The lowest BCUT2D eigenvalue weighted by molar-refractivity contribution is -0.139. The number of carboxylic acid groups (broad SMARTS) is 1. The zero-order valence-corrected chi connectivity index (χ0v) is 13.0. The van der Waals surface area contributed by atoms with Crippen LogP contribution in [0.3, 0.4) is 0 Å². The van der Waals surface area contributed by atoms with Crippen LogP contribution in [0.1, 0.15) is 31.2 Å². The molecule has 0 aliphatic rings. The van der Waals surface area contributed by atoms with Crippen molar-refractivity contribution in [1.29, 1.82) is 0 Å². The summed E-state index contributed by atoms with van der Waals surface area (Å²) in [6, 6.07) is 7.14. The van der Waals surface area contributed by atoms with Crippen molar-refractivity contribution >= 4 is 29.4 Å². The van der Waals surface area contributed by atoms with Crippen molar-refractivity contribution in [1.82, 2.24) is 15.3 Å². The normalized spacial score (nSPS) is 11.9. The number of halogens is 1. The Balaban J connectivity index is 0.00000220. The predicted molar refractivity (Wildman–Crippen MR) is 84.7 cm³/mol. The van der Waals surface area contributed by atoms with Gasteiger partial charge in [0.1, 0.15) is 6.04 Å². The lowest BCUT2D eigenvalue weighted by atomic mass is 10.1. The number of fused-ring (bicyclic) bond motifs is 1. The van der Waals surface area contributed by atoms with Crippen LogP contribution in [0, 0.1) is 6.92 Å². The van der Waals surface area contributed by atoms with Gasteiger partial charge in [-0.2, -0.15) is 0 Å². The van der Waals surface area contributed by atoms with E-state index in [1.807, 2.05) is 38.1 Å². The van der Waals surface area contributed by atoms with Crippen molar-refractivity contribution in [2.45, 2.75) is 39.3 Å². The van der Waals surface area contributed by atoms with E-state index in [1.165, 1.54) is 0 Å². The van der Waals surface area contributed by atoms with Gasteiger partial charge in [-0.1, -0.05) is 25.5 Å². The summed E-state index contributed by atoms with van der Waals surface area (Å²) in [5.41, 5.74) is 3.32. The molecule has 0 aliphatic heterocycles. The smallest absolute Gasteiger partial charge is 0.320 e. The van der Waals surface area contributed by atoms with Gasteiger partial charge in [-0.05, 0) is 25.5 Å². The van der Waals surface area contributed by atoms with E-state index in [0.717, 1.165) is 28.8 Å². The highest BCUT2D eigenvalue weighted by atomic mass is 35.5. The van der Waals surface area contributed by atoms with E-state index < -0.39 is 12.0 Å². The predicted octanol–water partition coefficient (Wildman–Crippen LogP) is 2.70. The number of aryl methyl sites for hydroxylation is 1. The molecule has 0 aliphatic carbocycles. The van der Waals surface area contributed by atoms with Crippen molar-refractivity contribution in [2.75, 3.05) is 0 Å². The first-order valence-corrected chi connectivity index (χ1v) is 6.80. The molecule has 1 aromatic carbocycles. The number of aliphatic carboxylic acids is 1. The third-order valence-electron chi connectivity index (χ3n) is 3.23. The summed E-state index contributed by atoms with van der Waals surface area (Å²) in [4.78, 5) is 20.2. The van der Waals surface area contributed by atoms with Crippen molar-refractivity contribution in [3.63, 3.8) is 0 Å². The largest absolute Gasteiger partial charge is 0.480 e. The van der Waals surface area contributed by atoms with E-state index in [9.17, 15) is 4.79 Å². The number of carbonyl (C=O) groups is 1. The molecule has 0 saturated carbocycles. The highest BCUT2D eigenvalue weighted by molar-refractivity contribution is 5.85. The third kappa shape index (κ3) is 4.37. The van der Waals surface area contributed by atoms with Gasteiger partial charge < -0.3 is 5.11 Å². The van der Waals surface area contributed by atoms with E-state index in [2.05, 4.69) is 15.3 Å². The molecule has 0 bridgehead atoms. The molecule has 2 aromatic rings. The molecule has 114 valence electrons. The zero-order valence-electron chi connectivity index (χ0n) is 12.2. The molecule has 2 rings (SSSR count). The molecule has 1 heterocycles. The van der Waals surface area contributed by atoms with Gasteiger partial charge in [0.25, 0.3) is 0 Å². The van der Waals surface area contributed by atoms with Gasteiger partial charge in [-0.25, -0.2) is 9.97 Å². The van der Waals surface area contributed by atoms with Crippen molar-refractivity contribution in [3.05, 3.63) is 35.7 Å². The van der Waals surface area contributed by atoms with Crippen LogP contribution in [0.15, 0.2) is 24.3 Å². The standard InChI is InChI=1S/C15H19N3O2.ClH/c1-3-6-13(15(19)20)16-9-14-10(2)17-11-7-4-5-8-12(11)18-14;/h4-5,7-8,13,16H,3,6,9H2,1-2H3,(H,19,20);1H. The van der Waals surface area contributed by atoms with Crippen molar-refractivity contribution in [3.8, 4) is 0 Å². The molecule has 0 saturated heterocycles. The SMILES string of the molecule is CCCC(NCc1nc2ccccc2nc1C)C(=O)O.Cl. The number of hydrogen-bond acceptors (Lipinski definition) is 4. The molecule has 1 aromatic heterocycles. The molecule has 5 nitrogen and oxygen atoms in total. The van der Waals surface area contributed by atoms with Crippen LogP contribution in [0.5, 0.6) is 0 Å². The van der Waals surface area contributed by atoms with Crippen LogP contribution in [0.2, 0.25) is 0 Å². The monoisotopic (exact) mass is 309 g/mol. The first kappa shape index (κ1) is 17.3. The first-order valence-electron chi connectivity index (χ1n) is 6.80. The molecule has 0 spiro atoms. The number of aromatic nitrogens is 2. The van der Waals surface area contributed by atoms with Crippen LogP contribution in [-0.2, 0) is 11.3 Å². The van der Waals surface area contributed by atoms with Crippen LogP contribution >= 0.6 is 12.4 Å². The van der Waals surface area contributed by atoms with E-state index in [0.29, 0.717) is 13.0 Å². The minimum absolute atomic E-state index is 0. The van der Waals surface area contributed by atoms with Crippen LogP contribution in [0.4, 0.5) is 0 Å². The van der Waals surface area contributed by atoms with Crippen LogP contribution in [-0.4, -0.2) is 27.1 Å². The summed E-state index contributed by atoms with van der Waals surface area (Å²) in [5, 5.41) is 12.2. The van der Waals surface area contributed by atoms with E-state index in [4.69, 9.17) is 5.11 Å². The summed E-state index contributed by atoms with van der Waals surface area (Å²) in [6.45, 7) is 4.28. The number of carboxylic acids is 1. The second-order valence-electron chi connectivity index (χ2n) is 4.80. The fraction of sp³-hybridized carbons (Fsp3) is 0.400. The Labute approximate surface area is 130 Å². The van der Waals surface area contributed by atoms with Gasteiger partial charge in [-0.3, -0.25) is 10.1 Å². The quantitative estimate of drug-likeness (QED) is 0.858. The molecular formula is C15H20ClN3O2. The molecule has 21 heavy (non-hydrogen) atoms. The minimum Gasteiger partial charge on any atom is -0.480 e. The van der Waals surface area contributed by atoms with Gasteiger partial charge >= 0.3 is 5.97 Å². The molecule has 2 N–H and O–H groups in total. The Morgan fingerprint density at radius 3 is 2.48 bits per heavy atom. The summed E-state index contributed by atoms with van der Waals surface area (Å²) >= 11 is 0. The zero-order chi connectivity index (χ0) is 14.5. The van der Waals surface area contributed by atoms with Gasteiger partial charge in [0.15, 0.2) is 0 Å². The fourth-order valence-corrected chi connectivity index (χ4v) is 2.11. The average molecular weight is 310 g/mol. The molecule has 1 unspecified atom stereocenters. The van der Waals surface area contributed by atoms with E-state index >= 15 is 0 Å². The number of para-hydroxylation sites is 2. The topological polar surface area (TPSA) is 75.1 Å². The highest BCUT2D eigenvalue weighted by Gasteiger charge is 2.16. The number of benzene rings is 1. The van der Waals surface area contributed by atoms with Gasteiger partial charge in [0.05, 0.1) is 22.4 Å². The summed E-state index contributed by atoms with van der Waals surface area (Å²) in [6.07, 6.45) is 1.43. The van der Waals surface area contributed by atoms with Gasteiger partial charge in [0, 0.05) is 6.54 Å². The second kappa shape index (κ2) is 7.90. The Morgan fingerprint density at radius 1 is 1.29 bits per heavy atom. The molecule has 6 heteroatoms. The number of nitrogens with zero attached hydrogens (tertiary/aromatic N) is 2. The van der Waals surface area contributed by atoms with Crippen molar-refractivity contribution < 1.29 is 9.90 Å². The Morgan fingerprint density at radius 2 is 1.90 bits per heavy atom. The number of hydrogen-bond donors (Lipinski definition) is 2. The maximum Gasteiger partial charge on any atom is 0.320 e. The molecule has 1 atom stereocenters. The molecule has 0 fully saturated rings.